The molecule has 0 aliphatic carbocycles. The van der Waals surface area contributed by atoms with Gasteiger partial charge in [0.15, 0.2) is 5.78 Å². The Hall–Kier alpha value is -1.04. The van der Waals surface area contributed by atoms with Crippen LogP contribution in [0.4, 0.5) is 13.2 Å². The number of rotatable bonds is 2. The molecule has 0 aromatic heterocycles. The van der Waals surface area contributed by atoms with E-state index in [0.717, 1.165) is 0 Å². The van der Waals surface area contributed by atoms with Crippen molar-refractivity contribution in [2.24, 2.45) is 0 Å². The third-order valence-corrected chi connectivity index (χ3v) is 2.72. The van der Waals surface area contributed by atoms with Crippen LogP contribution in [-0.4, -0.2) is 12.1 Å². The fourth-order valence-electron chi connectivity index (χ4n) is 1.14. The minimum absolute atomic E-state index is 0.102. The lowest BCUT2D eigenvalue weighted by atomic mass is 10.1. The minimum Gasteiger partial charge on any atom is -0.405 e. The smallest absolute Gasteiger partial charge is 0.405 e. The lowest BCUT2D eigenvalue weighted by Gasteiger charge is -2.13. The van der Waals surface area contributed by atoms with Gasteiger partial charge in [-0.3, -0.25) is 4.79 Å². The summed E-state index contributed by atoms with van der Waals surface area (Å²) in [6.45, 7) is 2.79. The summed E-state index contributed by atoms with van der Waals surface area (Å²) in [4.78, 5) is 11.1. The summed E-state index contributed by atoms with van der Waals surface area (Å²) in [5.41, 5.74) is 0.457. The molecular formula is C10H8BrF3O2. The van der Waals surface area contributed by atoms with Gasteiger partial charge in [-0.1, -0.05) is 15.9 Å². The first-order valence-corrected chi connectivity index (χ1v) is 5.07. The number of aryl methyl sites for hydroxylation is 1. The van der Waals surface area contributed by atoms with Gasteiger partial charge < -0.3 is 4.74 Å². The van der Waals surface area contributed by atoms with Gasteiger partial charge in [-0.25, -0.2) is 0 Å². The van der Waals surface area contributed by atoms with Crippen molar-refractivity contribution in [1.29, 1.82) is 0 Å². The highest BCUT2D eigenvalue weighted by Crippen LogP contribution is 2.31. The molecule has 88 valence electrons. The molecule has 0 saturated heterocycles. The summed E-state index contributed by atoms with van der Waals surface area (Å²) in [6, 6.07) is 2.49. The molecule has 0 unspecified atom stereocenters. The Bertz CT molecular complexity index is 427. The maximum absolute atomic E-state index is 12.1. The molecule has 6 heteroatoms. The van der Waals surface area contributed by atoms with Gasteiger partial charge in [-0.15, -0.1) is 13.2 Å². The van der Waals surface area contributed by atoms with E-state index in [9.17, 15) is 18.0 Å². The van der Waals surface area contributed by atoms with E-state index in [4.69, 9.17) is 0 Å². The van der Waals surface area contributed by atoms with E-state index in [1.165, 1.54) is 19.1 Å². The summed E-state index contributed by atoms with van der Waals surface area (Å²) >= 11 is 3.14. The second-order valence-electron chi connectivity index (χ2n) is 3.20. The number of carbonyl (C=O) groups is 1. The number of ether oxygens (including phenoxy) is 1. The van der Waals surface area contributed by atoms with E-state index in [1.54, 1.807) is 6.92 Å². The largest absolute Gasteiger partial charge is 0.573 e. The Balaban J connectivity index is 3.25. The van der Waals surface area contributed by atoms with E-state index in [0.29, 0.717) is 10.0 Å². The van der Waals surface area contributed by atoms with Crippen molar-refractivity contribution in [3.05, 3.63) is 27.7 Å². The molecule has 0 heterocycles. The standard InChI is InChI=1S/C10H8BrF3O2/c1-5-3-9(16-10(12,13)14)7(6(2)15)4-8(5)11/h3-4H,1-2H3. The molecule has 0 radical (unpaired) electrons. The highest BCUT2D eigenvalue weighted by atomic mass is 79.9. The Labute approximate surface area is 98.5 Å². The Kier molecular flexibility index (Phi) is 3.62. The van der Waals surface area contributed by atoms with E-state index >= 15 is 0 Å². The van der Waals surface area contributed by atoms with Crippen molar-refractivity contribution in [1.82, 2.24) is 0 Å². The molecule has 16 heavy (non-hydrogen) atoms. The van der Waals surface area contributed by atoms with Crippen LogP contribution in [0.5, 0.6) is 5.75 Å². The second-order valence-corrected chi connectivity index (χ2v) is 4.06. The molecule has 0 spiro atoms. The summed E-state index contributed by atoms with van der Waals surface area (Å²) in [6.07, 6.45) is -4.80. The third kappa shape index (κ3) is 3.23. The molecular weight excluding hydrogens is 289 g/mol. The number of benzene rings is 1. The molecule has 2 nitrogen and oxygen atoms in total. The summed E-state index contributed by atoms with van der Waals surface area (Å²) in [5.74, 6) is -0.958. The van der Waals surface area contributed by atoms with Crippen LogP contribution in [-0.2, 0) is 0 Å². The molecule has 1 aromatic carbocycles. The van der Waals surface area contributed by atoms with E-state index in [-0.39, 0.29) is 5.56 Å². The van der Waals surface area contributed by atoms with Gasteiger partial charge in [-0.05, 0) is 31.5 Å². The van der Waals surface area contributed by atoms with Crippen molar-refractivity contribution in [3.8, 4) is 5.75 Å². The van der Waals surface area contributed by atoms with Gasteiger partial charge in [0.05, 0.1) is 5.56 Å². The molecule has 0 N–H and O–H groups in total. The molecule has 0 aliphatic heterocycles. The Morgan fingerprint density at radius 3 is 2.38 bits per heavy atom. The molecule has 0 saturated carbocycles. The number of ketones is 1. The van der Waals surface area contributed by atoms with Crippen LogP contribution in [0.15, 0.2) is 16.6 Å². The normalized spacial score (nSPS) is 11.4. The topological polar surface area (TPSA) is 26.3 Å². The molecule has 1 rings (SSSR count). The van der Waals surface area contributed by atoms with E-state index in [1.807, 2.05) is 0 Å². The van der Waals surface area contributed by atoms with Crippen LogP contribution in [0.25, 0.3) is 0 Å². The first-order chi connectivity index (χ1) is 7.20. The second kappa shape index (κ2) is 4.45. The van der Waals surface area contributed by atoms with Gasteiger partial charge in [0.25, 0.3) is 0 Å². The number of halogens is 4. The predicted molar refractivity (Wildman–Crippen MR) is 55.6 cm³/mol. The molecule has 0 atom stereocenters. The first kappa shape index (κ1) is 13.0. The lowest BCUT2D eigenvalue weighted by molar-refractivity contribution is -0.274. The molecule has 0 bridgehead atoms. The van der Waals surface area contributed by atoms with E-state index < -0.39 is 17.9 Å². The maximum atomic E-state index is 12.1. The Morgan fingerprint density at radius 1 is 1.38 bits per heavy atom. The van der Waals surface area contributed by atoms with Crippen molar-refractivity contribution in [2.45, 2.75) is 20.2 Å². The van der Waals surface area contributed by atoms with Crippen molar-refractivity contribution in [3.63, 3.8) is 0 Å². The van der Waals surface area contributed by atoms with Crippen LogP contribution in [0.1, 0.15) is 22.8 Å². The number of carbonyl (C=O) groups excluding carboxylic acids is 1. The van der Waals surface area contributed by atoms with Gasteiger partial charge in [0.2, 0.25) is 0 Å². The zero-order valence-corrected chi connectivity index (χ0v) is 10.1. The van der Waals surface area contributed by atoms with Gasteiger partial charge >= 0.3 is 6.36 Å². The van der Waals surface area contributed by atoms with Crippen LogP contribution in [0, 0.1) is 6.92 Å². The molecule has 0 fully saturated rings. The third-order valence-electron chi connectivity index (χ3n) is 1.87. The van der Waals surface area contributed by atoms with Crippen LogP contribution in [0.3, 0.4) is 0 Å². The highest BCUT2D eigenvalue weighted by molar-refractivity contribution is 9.10. The SMILES string of the molecule is CC(=O)c1cc(Br)c(C)cc1OC(F)(F)F. The number of hydrogen-bond donors (Lipinski definition) is 0. The molecule has 1 aromatic rings. The number of Topliss-reactive ketones (excluding diaryl/α,β-unsaturated/α-hetero) is 1. The predicted octanol–water partition coefficient (Wildman–Crippen LogP) is 3.86. The summed E-state index contributed by atoms with van der Waals surface area (Å²) in [5, 5.41) is 0. The monoisotopic (exact) mass is 296 g/mol. The zero-order valence-electron chi connectivity index (χ0n) is 8.48. The van der Waals surface area contributed by atoms with E-state index in [2.05, 4.69) is 20.7 Å². The summed E-state index contributed by atoms with van der Waals surface area (Å²) in [7, 11) is 0. The number of alkyl halides is 3. The average Bonchev–Trinajstić information content (AvgIpc) is 2.07. The average molecular weight is 297 g/mol. The zero-order chi connectivity index (χ0) is 12.5. The van der Waals surface area contributed by atoms with Crippen molar-refractivity contribution in [2.75, 3.05) is 0 Å². The van der Waals surface area contributed by atoms with Gasteiger partial charge in [0.1, 0.15) is 5.75 Å². The fraction of sp³-hybridized carbons (Fsp3) is 0.300. The van der Waals surface area contributed by atoms with Crippen LogP contribution < -0.4 is 4.74 Å². The summed E-state index contributed by atoms with van der Waals surface area (Å²) < 4.78 is 40.6. The van der Waals surface area contributed by atoms with Crippen molar-refractivity contribution >= 4 is 21.7 Å². The van der Waals surface area contributed by atoms with Crippen LogP contribution in [0.2, 0.25) is 0 Å². The fourth-order valence-corrected chi connectivity index (χ4v) is 1.48. The maximum Gasteiger partial charge on any atom is 0.573 e. The first-order valence-electron chi connectivity index (χ1n) is 4.27. The number of hydrogen-bond acceptors (Lipinski definition) is 2. The molecule has 0 amide bonds. The van der Waals surface area contributed by atoms with Gasteiger partial charge in [-0.2, -0.15) is 0 Å². The van der Waals surface area contributed by atoms with Gasteiger partial charge in [0, 0.05) is 4.47 Å². The van der Waals surface area contributed by atoms with Crippen LogP contribution >= 0.6 is 15.9 Å². The van der Waals surface area contributed by atoms with Crippen molar-refractivity contribution < 1.29 is 22.7 Å². The quantitative estimate of drug-likeness (QED) is 0.775. The Morgan fingerprint density at radius 2 is 1.94 bits per heavy atom. The minimum atomic E-state index is -4.80. The molecule has 0 aliphatic rings. The highest BCUT2D eigenvalue weighted by Gasteiger charge is 2.32. The lowest BCUT2D eigenvalue weighted by Crippen LogP contribution is -2.19.